The zero-order chi connectivity index (χ0) is 88.2. The molecule has 3 aliphatic rings. The van der Waals surface area contributed by atoms with Crippen LogP contribution in [0.25, 0.3) is 0 Å². The van der Waals surface area contributed by atoms with Crippen LogP contribution in [0.3, 0.4) is 0 Å². The van der Waals surface area contributed by atoms with Crippen molar-refractivity contribution in [1.82, 2.24) is 31.9 Å². The van der Waals surface area contributed by atoms with Gasteiger partial charge in [-0.15, -0.1) is 0 Å². The number of nitrogens with two attached hydrogens (primary N) is 1. The van der Waals surface area contributed by atoms with Gasteiger partial charge < -0.3 is 151 Å². The highest BCUT2D eigenvalue weighted by atomic mass is 16.7. The number of carbonyl (C=O) groups excluding carboxylic acids is 15. The number of hydrogen-bond acceptors (Lipinski definition) is 40. The number of carbonyl (C=O) groups is 15. The van der Waals surface area contributed by atoms with E-state index in [1.807, 2.05) is 0 Å². The van der Waals surface area contributed by atoms with Crippen LogP contribution in [0.1, 0.15) is 102 Å². The summed E-state index contributed by atoms with van der Waals surface area (Å²) in [5, 5.41) is 16.0. The second-order valence-corrected chi connectivity index (χ2v) is 26.8. The highest BCUT2D eigenvalue weighted by Gasteiger charge is 2.54. The molecule has 8 N–H and O–H groups in total. The second kappa shape index (κ2) is 59.2. The largest absolute Gasteiger partial charge is 0.463 e. The van der Waals surface area contributed by atoms with E-state index in [0.717, 1.165) is 62.3 Å². The van der Waals surface area contributed by atoms with Crippen LogP contribution >= 0.6 is 0 Å². The molecule has 3 aliphatic heterocycles. The molecule has 46 heteroatoms. The van der Waals surface area contributed by atoms with Crippen LogP contribution < -0.4 is 37.6 Å². The summed E-state index contributed by atoms with van der Waals surface area (Å²) < 4.78 is 134. The lowest BCUT2D eigenvalue weighted by molar-refractivity contribution is -0.279. The van der Waals surface area contributed by atoms with E-state index in [4.69, 9.17) is 119 Å². The summed E-state index contributed by atoms with van der Waals surface area (Å²) in [7, 11) is 0. The first-order valence-electron chi connectivity index (χ1n) is 38.4. The number of hydrogen-bond donors (Lipinski definition) is 7. The molecule has 0 aromatic rings. The van der Waals surface area contributed by atoms with Crippen molar-refractivity contribution in [2.45, 2.75) is 200 Å². The Bertz CT molecular complexity index is 2840. The van der Waals surface area contributed by atoms with Gasteiger partial charge in [-0.25, -0.2) is 0 Å². The van der Waals surface area contributed by atoms with Crippen LogP contribution in [-0.2, 0) is 186 Å². The Labute approximate surface area is 688 Å². The minimum atomic E-state index is -1.34. The first-order chi connectivity index (χ1) is 56.6. The molecular formula is C73H119N7O39. The molecule has 0 spiro atoms. The summed E-state index contributed by atoms with van der Waals surface area (Å²) in [6.07, 6.45) is -15.3. The molecule has 3 heterocycles. The number of nitrogens with one attached hydrogen (secondary N) is 6. The Balaban J connectivity index is 1.46. The van der Waals surface area contributed by atoms with Gasteiger partial charge >= 0.3 is 53.7 Å². The molecule has 0 bridgehead atoms. The molecule has 0 aliphatic carbocycles. The van der Waals surface area contributed by atoms with Crippen LogP contribution in [0, 0.1) is 0 Å². The lowest BCUT2D eigenvalue weighted by Crippen LogP contribution is -2.66. The smallest absolute Gasteiger partial charge is 0.303 e. The first kappa shape index (κ1) is 105. The van der Waals surface area contributed by atoms with E-state index in [-0.39, 0.29) is 195 Å². The van der Waals surface area contributed by atoms with Gasteiger partial charge in [0.2, 0.25) is 35.4 Å². The van der Waals surface area contributed by atoms with E-state index >= 15 is 0 Å². The Kier molecular flexibility index (Phi) is 52.0. The molecular weight excluding hydrogens is 1600 g/mol. The normalized spacial score (nSPS) is 23.1. The van der Waals surface area contributed by atoms with E-state index in [1.54, 1.807) is 0 Å². The molecule has 0 aromatic carbocycles. The van der Waals surface area contributed by atoms with Crippen molar-refractivity contribution >= 4 is 89.2 Å². The molecule has 0 saturated carbocycles. The third-order valence-electron chi connectivity index (χ3n) is 16.2. The average Bonchev–Trinajstić information content (AvgIpc) is 0.798. The minimum absolute atomic E-state index is 0.0000758. The molecule has 680 valence electrons. The Morgan fingerprint density at radius 3 is 0.714 bits per heavy atom. The molecule has 3 rings (SSSR count). The molecule has 46 nitrogen and oxygen atoms in total. The number of ether oxygens (including phenoxy) is 24. The quantitative estimate of drug-likeness (QED) is 0.0171. The lowest BCUT2D eigenvalue weighted by Gasteiger charge is -2.44. The van der Waals surface area contributed by atoms with Gasteiger partial charge in [-0.3, -0.25) is 71.9 Å². The monoisotopic (exact) mass is 1720 g/mol. The molecule has 3 fully saturated rings. The fraction of sp³-hybridized carbons (Fsp3) is 0.795. The molecule has 0 aromatic heterocycles. The maximum Gasteiger partial charge on any atom is 0.303 e. The summed E-state index contributed by atoms with van der Waals surface area (Å²) in [5.41, 5.74) is 5.39. The van der Waals surface area contributed by atoms with E-state index in [0.29, 0.717) is 0 Å². The molecule has 0 radical (unpaired) electrons. The van der Waals surface area contributed by atoms with Crippen molar-refractivity contribution in [3.05, 3.63) is 0 Å². The molecule has 119 heavy (non-hydrogen) atoms. The van der Waals surface area contributed by atoms with Gasteiger partial charge in [0.1, 0.15) is 56.3 Å². The topological polar surface area (TPSA) is 576 Å². The highest BCUT2D eigenvalue weighted by Crippen LogP contribution is 2.31. The van der Waals surface area contributed by atoms with Crippen molar-refractivity contribution in [3.8, 4) is 0 Å². The third-order valence-corrected chi connectivity index (χ3v) is 16.2. The van der Waals surface area contributed by atoms with Gasteiger partial charge in [0.05, 0.1) is 144 Å². The number of rotatable bonds is 60. The zero-order valence-electron chi connectivity index (χ0n) is 69.4. The Morgan fingerprint density at radius 2 is 0.496 bits per heavy atom. The summed E-state index contributed by atoms with van der Waals surface area (Å²) in [6.45, 7) is 12.8. The molecule has 3 saturated heterocycles. The summed E-state index contributed by atoms with van der Waals surface area (Å²) in [5.74, 6) is -9.32. The van der Waals surface area contributed by atoms with E-state index in [2.05, 4.69) is 31.9 Å². The number of amides is 6. The SMILES string of the molecule is CC(=O)NC1C(OC(C)=O)[C@@H](OC(C)=O)C(COC(C)=O)O[C@H]1OCCOCCOCCNC(=O)CCOCC(N)(COCCC(=O)NCCOCCOCCO[C@@H]1OC(COC(C)=O)[C@H](OC(C)=O)C(OC(C)=O)C1NC(C)=O)COCCC(=O)NCCOCCOCCO[C@@H]1OC(COC(C)=O)[C@H](OC(C)=O)C(OC(C)=O)C1NC(C)=O. The fourth-order valence-electron chi connectivity index (χ4n) is 11.4. The van der Waals surface area contributed by atoms with E-state index < -0.39 is 189 Å². The van der Waals surface area contributed by atoms with Crippen molar-refractivity contribution in [2.75, 3.05) is 178 Å². The zero-order valence-corrected chi connectivity index (χ0v) is 69.4. The first-order valence-corrected chi connectivity index (χ1v) is 38.4. The van der Waals surface area contributed by atoms with Gasteiger partial charge in [0.15, 0.2) is 55.5 Å². The number of esters is 9. The maximum atomic E-state index is 12.8. The van der Waals surface area contributed by atoms with E-state index in [9.17, 15) is 71.9 Å². The Hall–Kier alpha value is -8.59. The van der Waals surface area contributed by atoms with Gasteiger partial charge in [0, 0.05) is 122 Å². The van der Waals surface area contributed by atoms with Crippen molar-refractivity contribution < 1.29 is 186 Å². The van der Waals surface area contributed by atoms with Gasteiger partial charge in [-0.05, 0) is 0 Å². The van der Waals surface area contributed by atoms with Gasteiger partial charge in [-0.1, -0.05) is 0 Å². The third kappa shape index (κ3) is 46.1. The average molecular weight is 1720 g/mol. The highest BCUT2D eigenvalue weighted by molar-refractivity contribution is 5.78. The predicted octanol–water partition coefficient (Wildman–Crippen LogP) is -4.63. The van der Waals surface area contributed by atoms with Crippen LogP contribution in [0.15, 0.2) is 0 Å². The predicted molar refractivity (Wildman–Crippen MR) is 397 cm³/mol. The standard InChI is InChI=1S/C73H119N7O39/c1-43(81)78-61-67(114-52(10)90)64(111-49(7)87)55(37-108-46(4)84)117-70(61)105-34-31-99-28-25-96-22-16-75-58(93)13-19-102-40-73(74,41-103-20-14-59(94)76-17-23-97-26-29-100-32-35-106-71-62(79-44(2)82)68(115-53(11)91)65(112-50(8)88)56(118-71)38-109-47(5)85)42-104-21-15-60(95)77-18-24-98-27-30-101-33-36-107-72-63(80-45(3)83)69(116-54(12)92)66(113-51(9)89)57(119-72)39-110-48(6)86/h55-57,61-72H,13-42,74H2,1-12H3,(H,75,93)(H,76,94)(H,77,95)(H,78,81)(H,79,82)(H,80,83)/t55?,56?,57?,61?,62?,63?,64-,65-,66-,67?,68?,69?,70+,71+,72+,73?/m0/s1. The van der Waals surface area contributed by atoms with E-state index in [1.165, 1.54) is 20.8 Å². The molecule has 6 amide bonds. The van der Waals surface area contributed by atoms with Crippen LogP contribution in [0.5, 0.6) is 0 Å². The summed E-state index contributed by atoms with van der Waals surface area (Å²) >= 11 is 0. The summed E-state index contributed by atoms with van der Waals surface area (Å²) in [4.78, 5) is 183. The van der Waals surface area contributed by atoms with Crippen LogP contribution in [0.4, 0.5) is 0 Å². The second-order valence-electron chi connectivity index (χ2n) is 26.8. The van der Waals surface area contributed by atoms with Crippen LogP contribution in [0.2, 0.25) is 0 Å². The Morgan fingerprint density at radius 1 is 0.277 bits per heavy atom. The van der Waals surface area contributed by atoms with Crippen molar-refractivity contribution in [2.24, 2.45) is 5.73 Å². The lowest BCUT2D eigenvalue weighted by atomic mass is 9.96. The van der Waals surface area contributed by atoms with Crippen LogP contribution in [-0.4, -0.2) is 365 Å². The van der Waals surface area contributed by atoms with Gasteiger partial charge in [0.25, 0.3) is 0 Å². The maximum absolute atomic E-state index is 12.8. The van der Waals surface area contributed by atoms with Crippen molar-refractivity contribution in [3.63, 3.8) is 0 Å². The van der Waals surface area contributed by atoms with Crippen molar-refractivity contribution in [1.29, 1.82) is 0 Å². The summed E-state index contributed by atoms with van der Waals surface area (Å²) in [6, 6.07) is -3.48. The minimum Gasteiger partial charge on any atom is -0.463 e. The fourth-order valence-corrected chi connectivity index (χ4v) is 11.4. The molecule has 9 unspecified atom stereocenters. The molecule has 15 atom stereocenters. The van der Waals surface area contributed by atoms with Gasteiger partial charge in [-0.2, -0.15) is 0 Å².